The fourth-order valence-electron chi connectivity index (χ4n) is 1.80. The molecule has 1 unspecified atom stereocenters. The Hall–Kier alpha value is -1.32. The van der Waals surface area contributed by atoms with Gasteiger partial charge in [0.15, 0.2) is 0 Å². The van der Waals surface area contributed by atoms with Crippen molar-refractivity contribution >= 4 is 21.6 Å². The largest absolute Gasteiger partial charge is 0.387 e. The van der Waals surface area contributed by atoms with Gasteiger partial charge in [-0.2, -0.15) is 0 Å². The molecule has 0 saturated heterocycles. The Morgan fingerprint density at radius 2 is 1.94 bits per heavy atom. The molecular weight excluding hydrogens is 290 g/mol. The van der Waals surface area contributed by atoms with E-state index in [1.807, 2.05) is 36.4 Å². The van der Waals surface area contributed by atoms with Crippen molar-refractivity contribution in [2.75, 3.05) is 11.9 Å². The van der Waals surface area contributed by atoms with E-state index in [1.165, 1.54) is 5.56 Å². The predicted octanol–water partition coefficient (Wildman–Crippen LogP) is 3.90. The van der Waals surface area contributed by atoms with Crippen molar-refractivity contribution in [1.29, 1.82) is 0 Å². The van der Waals surface area contributed by atoms with Gasteiger partial charge in [-0.15, -0.1) is 0 Å². The summed E-state index contributed by atoms with van der Waals surface area (Å²) in [6.45, 7) is 2.55. The number of hydrogen-bond donors (Lipinski definition) is 2. The topological polar surface area (TPSA) is 32.3 Å². The smallest absolute Gasteiger partial charge is 0.0962 e. The number of hydrogen-bond acceptors (Lipinski definition) is 2. The summed E-state index contributed by atoms with van der Waals surface area (Å²) in [4.78, 5) is 0. The number of benzene rings is 2. The summed E-state index contributed by atoms with van der Waals surface area (Å²) < 4.78 is 0.981. The first-order valence-corrected chi connectivity index (χ1v) is 6.68. The van der Waals surface area contributed by atoms with Crippen molar-refractivity contribution in [2.24, 2.45) is 0 Å². The molecule has 0 aliphatic rings. The lowest BCUT2D eigenvalue weighted by molar-refractivity contribution is 0.191. The molecule has 0 amide bonds. The first kappa shape index (κ1) is 13.1. The third-order valence-electron chi connectivity index (χ3n) is 2.75. The molecule has 0 spiro atoms. The molecule has 0 heterocycles. The molecule has 18 heavy (non-hydrogen) atoms. The molecule has 2 rings (SSSR count). The molecule has 2 aromatic carbocycles. The van der Waals surface area contributed by atoms with E-state index in [4.69, 9.17) is 0 Å². The number of halogens is 1. The molecule has 2 nitrogen and oxygen atoms in total. The average Bonchev–Trinajstić information content (AvgIpc) is 2.36. The maximum atomic E-state index is 10.1. The van der Waals surface area contributed by atoms with Gasteiger partial charge in [-0.1, -0.05) is 40.2 Å². The lowest BCUT2D eigenvalue weighted by Gasteiger charge is -2.13. The van der Waals surface area contributed by atoms with Crippen LogP contribution >= 0.6 is 15.9 Å². The molecule has 2 aromatic rings. The Morgan fingerprint density at radius 3 is 2.67 bits per heavy atom. The van der Waals surface area contributed by atoms with Gasteiger partial charge in [-0.05, 0) is 42.3 Å². The summed E-state index contributed by atoms with van der Waals surface area (Å²) in [6, 6.07) is 15.8. The van der Waals surface area contributed by atoms with Crippen LogP contribution in [0.3, 0.4) is 0 Å². The highest BCUT2D eigenvalue weighted by atomic mass is 79.9. The SMILES string of the molecule is Cc1cccc(NCC(O)c2cccc(Br)c2)c1. The molecule has 0 bridgehead atoms. The van der Waals surface area contributed by atoms with Gasteiger partial charge in [0.1, 0.15) is 0 Å². The van der Waals surface area contributed by atoms with Crippen LogP contribution in [0.25, 0.3) is 0 Å². The number of nitrogens with one attached hydrogen (secondary N) is 1. The Bertz CT molecular complexity index is 527. The molecule has 0 aliphatic carbocycles. The van der Waals surface area contributed by atoms with Crippen LogP contribution in [-0.2, 0) is 0 Å². The van der Waals surface area contributed by atoms with Crippen molar-refractivity contribution in [1.82, 2.24) is 0 Å². The van der Waals surface area contributed by atoms with E-state index in [0.717, 1.165) is 15.7 Å². The maximum Gasteiger partial charge on any atom is 0.0962 e. The summed E-state index contributed by atoms with van der Waals surface area (Å²) in [5.41, 5.74) is 3.14. The zero-order chi connectivity index (χ0) is 13.0. The van der Waals surface area contributed by atoms with Gasteiger partial charge in [-0.3, -0.25) is 0 Å². The van der Waals surface area contributed by atoms with E-state index in [0.29, 0.717) is 6.54 Å². The van der Waals surface area contributed by atoms with Gasteiger partial charge in [0, 0.05) is 16.7 Å². The fraction of sp³-hybridized carbons (Fsp3) is 0.200. The highest BCUT2D eigenvalue weighted by Gasteiger charge is 2.07. The number of aliphatic hydroxyl groups excluding tert-OH is 1. The van der Waals surface area contributed by atoms with Crippen molar-refractivity contribution in [3.63, 3.8) is 0 Å². The monoisotopic (exact) mass is 305 g/mol. The van der Waals surface area contributed by atoms with Crippen LogP contribution in [0.2, 0.25) is 0 Å². The van der Waals surface area contributed by atoms with E-state index in [2.05, 4.69) is 40.3 Å². The molecule has 0 saturated carbocycles. The predicted molar refractivity (Wildman–Crippen MR) is 78.8 cm³/mol. The normalized spacial score (nSPS) is 12.2. The number of rotatable bonds is 4. The number of aryl methyl sites for hydroxylation is 1. The van der Waals surface area contributed by atoms with Crippen LogP contribution in [0.5, 0.6) is 0 Å². The van der Waals surface area contributed by atoms with E-state index >= 15 is 0 Å². The van der Waals surface area contributed by atoms with E-state index < -0.39 is 6.10 Å². The van der Waals surface area contributed by atoms with Crippen molar-refractivity contribution in [3.05, 3.63) is 64.1 Å². The Labute approximate surface area is 116 Å². The number of anilines is 1. The lowest BCUT2D eigenvalue weighted by Crippen LogP contribution is -2.12. The molecule has 3 heteroatoms. The molecule has 1 atom stereocenters. The zero-order valence-electron chi connectivity index (χ0n) is 10.2. The van der Waals surface area contributed by atoms with Gasteiger partial charge in [-0.25, -0.2) is 0 Å². The Morgan fingerprint density at radius 1 is 1.17 bits per heavy atom. The molecule has 0 radical (unpaired) electrons. The van der Waals surface area contributed by atoms with E-state index in [1.54, 1.807) is 0 Å². The van der Waals surface area contributed by atoms with Gasteiger partial charge in [0.05, 0.1) is 6.10 Å². The van der Waals surface area contributed by atoms with Crippen molar-refractivity contribution in [2.45, 2.75) is 13.0 Å². The van der Waals surface area contributed by atoms with Gasteiger partial charge in [0.25, 0.3) is 0 Å². The number of aliphatic hydroxyl groups is 1. The first-order valence-electron chi connectivity index (χ1n) is 5.89. The van der Waals surface area contributed by atoms with Crippen LogP contribution in [0.4, 0.5) is 5.69 Å². The summed E-state index contributed by atoms with van der Waals surface area (Å²) >= 11 is 3.40. The second kappa shape index (κ2) is 6.03. The van der Waals surface area contributed by atoms with Gasteiger partial charge >= 0.3 is 0 Å². The van der Waals surface area contributed by atoms with Crippen molar-refractivity contribution in [3.8, 4) is 0 Å². The first-order chi connectivity index (χ1) is 8.65. The zero-order valence-corrected chi connectivity index (χ0v) is 11.8. The highest BCUT2D eigenvalue weighted by molar-refractivity contribution is 9.10. The van der Waals surface area contributed by atoms with Gasteiger partial charge in [0.2, 0.25) is 0 Å². The quantitative estimate of drug-likeness (QED) is 0.898. The fourth-order valence-corrected chi connectivity index (χ4v) is 2.22. The minimum Gasteiger partial charge on any atom is -0.387 e. The van der Waals surface area contributed by atoms with Crippen LogP contribution in [-0.4, -0.2) is 11.7 Å². The summed E-state index contributed by atoms with van der Waals surface area (Å²) in [5.74, 6) is 0. The van der Waals surface area contributed by atoms with E-state index in [-0.39, 0.29) is 0 Å². The second-order valence-corrected chi connectivity index (χ2v) is 5.24. The lowest BCUT2D eigenvalue weighted by atomic mass is 10.1. The molecular formula is C15H16BrNO. The van der Waals surface area contributed by atoms with Crippen LogP contribution < -0.4 is 5.32 Å². The van der Waals surface area contributed by atoms with Gasteiger partial charge < -0.3 is 10.4 Å². The molecule has 0 fully saturated rings. The average molecular weight is 306 g/mol. The molecule has 0 aliphatic heterocycles. The molecule has 2 N–H and O–H groups in total. The Kier molecular flexibility index (Phi) is 4.39. The van der Waals surface area contributed by atoms with Crippen LogP contribution in [0.1, 0.15) is 17.2 Å². The molecule has 0 aromatic heterocycles. The van der Waals surface area contributed by atoms with E-state index in [9.17, 15) is 5.11 Å². The minimum absolute atomic E-state index is 0.500. The summed E-state index contributed by atoms with van der Waals surface area (Å²) in [5, 5.41) is 13.3. The minimum atomic E-state index is -0.511. The third kappa shape index (κ3) is 3.59. The highest BCUT2D eigenvalue weighted by Crippen LogP contribution is 2.19. The van der Waals surface area contributed by atoms with Crippen LogP contribution in [0, 0.1) is 6.92 Å². The van der Waals surface area contributed by atoms with Crippen LogP contribution in [0.15, 0.2) is 53.0 Å². The summed E-state index contributed by atoms with van der Waals surface area (Å²) in [7, 11) is 0. The second-order valence-electron chi connectivity index (χ2n) is 4.32. The van der Waals surface area contributed by atoms with Crippen molar-refractivity contribution < 1.29 is 5.11 Å². The molecule has 94 valence electrons. The standard InChI is InChI=1S/C15H16BrNO/c1-11-4-2-7-14(8-11)17-10-15(18)12-5-3-6-13(16)9-12/h2-9,15,17-18H,10H2,1H3. The Balaban J connectivity index is 1.98. The maximum absolute atomic E-state index is 10.1. The third-order valence-corrected chi connectivity index (χ3v) is 3.24. The summed E-state index contributed by atoms with van der Waals surface area (Å²) in [6.07, 6.45) is -0.511.